The third-order valence-corrected chi connectivity index (χ3v) is 9.98. The number of carboxylic acid groups (broad SMARTS) is 1. The van der Waals surface area contributed by atoms with Gasteiger partial charge in [0.2, 0.25) is 23.9 Å². The first-order valence-electron chi connectivity index (χ1n) is 18.4. The molecule has 3 heterocycles. The van der Waals surface area contributed by atoms with Gasteiger partial charge in [0.1, 0.15) is 24.1 Å². The number of aromatic nitrogens is 1. The number of nitrogens with zero attached hydrogens (tertiary/aromatic N) is 2. The number of aliphatic hydroxyl groups is 3. The van der Waals surface area contributed by atoms with Crippen LogP contribution in [-0.2, 0) is 49.5 Å². The summed E-state index contributed by atoms with van der Waals surface area (Å²) in [6.45, 7) is 1.55. The fourth-order valence-electron chi connectivity index (χ4n) is 6.04. The lowest BCUT2D eigenvalue weighted by atomic mass is 9.99. The quantitative estimate of drug-likeness (QED) is 0.0161. The number of phenolic OH excluding ortho intramolecular Hbond substituents is 1. The first-order chi connectivity index (χ1) is 28.2. The van der Waals surface area contributed by atoms with Crippen LogP contribution in [0.15, 0.2) is 54.7 Å². The highest BCUT2D eigenvalue weighted by molar-refractivity contribution is 14.1. The molecular formula is C38H45IN5O15+. The molecule has 0 bridgehead atoms. The van der Waals surface area contributed by atoms with Gasteiger partial charge in [0.25, 0.3) is 17.3 Å². The van der Waals surface area contributed by atoms with Gasteiger partial charge in [-0.2, -0.15) is 4.57 Å². The normalized spacial score (nSPS) is 20.3. The number of halogens is 1. The minimum Gasteiger partial charge on any atom is -0.501 e. The van der Waals surface area contributed by atoms with Gasteiger partial charge in [-0.15, -0.1) is 0 Å². The lowest BCUT2D eigenvalue weighted by molar-refractivity contribution is -0.662. The van der Waals surface area contributed by atoms with Crippen molar-refractivity contribution in [3.05, 3.63) is 63.9 Å². The van der Waals surface area contributed by atoms with Crippen LogP contribution < -0.4 is 25.7 Å². The van der Waals surface area contributed by atoms with Crippen LogP contribution >= 0.6 is 22.6 Å². The topological polar surface area (TPSA) is 290 Å². The largest absolute Gasteiger partial charge is 0.501 e. The third-order valence-electron chi connectivity index (χ3n) is 9.09. The zero-order chi connectivity index (χ0) is 42.6. The summed E-state index contributed by atoms with van der Waals surface area (Å²) in [5.74, 6) is -3.46. The number of benzene rings is 2. The number of imide groups is 1. The van der Waals surface area contributed by atoms with Crippen LogP contribution in [0.25, 0.3) is 10.9 Å². The van der Waals surface area contributed by atoms with Gasteiger partial charge in [-0.1, -0.05) is 0 Å². The minimum atomic E-state index is -1.94. The molecule has 318 valence electrons. The Kier molecular flexibility index (Phi) is 16.3. The number of rotatable bonds is 21. The van der Waals surface area contributed by atoms with Gasteiger partial charge in [0.05, 0.1) is 62.9 Å². The molecule has 21 heteroatoms. The molecule has 0 aliphatic carbocycles. The number of carboxylic acids is 1. The molecule has 2 aliphatic heterocycles. The van der Waals surface area contributed by atoms with Gasteiger partial charge in [-0.05, 0) is 52.9 Å². The molecule has 59 heavy (non-hydrogen) atoms. The molecule has 4 amide bonds. The van der Waals surface area contributed by atoms with E-state index in [9.17, 15) is 49.5 Å². The molecule has 20 nitrogen and oxygen atoms in total. The zero-order valence-electron chi connectivity index (χ0n) is 31.5. The minimum absolute atomic E-state index is 0.0151. The Balaban J connectivity index is 1.11. The number of nitrogen functional groups attached to an aromatic ring is 1. The number of ether oxygens (including phenoxy) is 5. The second-order valence-electron chi connectivity index (χ2n) is 13.3. The predicted octanol–water partition coefficient (Wildman–Crippen LogP) is -0.851. The first-order valence-corrected chi connectivity index (χ1v) is 19.5. The number of hydrogen-bond acceptors (Lipinski definition) is 15. The van der Waals surface area contributed by atoms with Crippen molar-refractivity contribution in [2.75, 3.05) is 63.8 Å². The second kappa shape index (κ2) is 21.3. The van der Waals surface area contributed by atoms with Crippen molar-refractivity contribution in [3.63, 3.8) is 0 Å². The second-order valence-corrected chi connectivity index (χ2v) is 14.4. The average Bonchev–Trinajstić information content (AvgIpc) is 3.52. The summed E-state index contributed by atoms with van der Waals surface area (Å²) in [5, 5.41) is 57.4. The Morgan fingerprint density at radius 3 is 2.25 bits per heavy atom. The molecule has 1 aromatic heterocycles. The predicted molar refractivity (Wildman–Crippen MR) is 213 cm³/mol. The van der Waals surface area contributed by atoms with Crippen molar-refractivity contribution >= 4 is 74.5 Å². The van der Waals surface area contributed by atoms with Crippen LogP contribution in [0.1, 0.15) is 18.4 Å². The van der Waals surface area contributed by atoms with Gasteiger partial charge in [-0.3, -0.25) is 24.1 Å². The van der Waals surface area contributed by atoms with Gasteiger partial charge in [-0.25, -0.2) is 4.79 Å². The highest BCUT2D eigenvalue weighted by Gasteiger charge is 2.48. The Hall–Kier alpha value is -5.01. The number of nitrogens with one attached hydrogen (secondary N) is 2. The number of carbonyl (C=O) groups excluding carboxylic acids is 4. The van der Waals surface area contributed by atoms with E-state index in [4.69, 9.17) is 29.4 Å². The van der Waals surface area contributed by atoms with E-state index in [1.54, 1.807) is 35.0 Å². The van der Waals surface area contributed by atoms with E-state index in [-0.39, 0.29) is 113 Å². The highest BCUT2D eigenvalue weighted by Crippen LogP contribution is 2.33. The molecule has 5 atom stereocenters. The molecule has 1 saturated heterocycles. The number of nitrogens with two attached hydrogens (primary N) is 1. The van der Waals surface area contributed by atoms with Crippen molar-refractivity contribution in [1.29, 1.82) is 0 Å². The van der Waals surface area contributed by atoms with E-state index in [1.807, 2.05) is 6.07 Å². The summed E-state index contributed by atoms with van der Waals surface area (Å²) < 4.78 is 29.8. The number of aliphatic carboxylic acids is 1. The number of carbonyl (C=O) groups is 5. The van der Waals surface area contributed by atoms with E-state index in [1.165, 1.54) is 18.2 Å². The van der Waals surface area contributed by atoms with Crippen molar-refractivity contribution in [2.24, 2.45) is 0 Å². The van der Waals surface area contributed by atoms with Crippen molar-refractivity contribution < 1.29 is 77.8 Å². The highest BCUT2D eigenvalue weighted by atomic mass is 127. The summed E-state index contributed by atoms with van der Waals surface area (Å²) in [6, 6.07) is 9.88. The van der Waals surface area contributed by atoms with Crippen molar-refractivity contribution in [3.8, 4) is 11.5 Å². The van der Waals surface area contributed by atoms with Gasteiger partial charge >= 0.3 is 5.97 Å². The molecular weight excluding hydrogens is 893 g/mol. The Morgan fingerprint density at radius 1 is 0.881 bits per heavy atom. The fraction of sp³-hybridized carbons (Fsp3) is 0.421. The number of aromatic hydroxyl groups is 1. The maximum atomic E-state index is 13.2. The van der Waals surface area contributed by atoms with Crippen molar-refractivity contribution in [1.82, 2.24) is 10.2 Å². The Bertz CT molecular complexity index is 2030. The molecule has 5 rings (SSSR count). The molecule has 3 aromatic rings. The lowest BCUT2D eigenvalue weighted by Crippen LogP contribution is -2.61. The summed E-state index contributed by atoms with van der Waals surface area (Å²) in [7, 11) is 0. The zero-order valence-corrected chi connectivity index (χ0v) is 33.7. The summed E-state index contributed by atoms with van der Waals surface area (Å²) in [5.41, 5.74) is 7.36. The molecule has 1 fully saturated rings. The molecule has 0 unspecified atom stereocenters. The summed E-state index contributed by atoms with van der Waals surface area (Å²) >= 11 is 2.12. The van der Waals surface area contributed by atoms with Crippen LogP contribution in [0.4, 0.5) is 11.4 Å². The van der Waals surface area contributed by atoms with E-state index >= 15 is 0 Å². The average molecular weight is 939 g/mol. The van der Waals surface area contributed by atoms with Crippen LogP contribution in [0, 0.1) is 3.57 Å². The molecule has 0 radical (unpaired) electrons. The van der Waals surface area contributed by atoms with Crippen LogP contribution in [0.3, 0.4) is 0 Å². The molecule has 0 spiro atoms. The van der Waals surface area contributed by atoms with E-state index in [2.05, 4.69) is 33.2 Å². The Labute approximate surface area is 350 Å². The summed E-state index contributed by atoms with van der Waals surface area (Å²) in [4.78, 5) is 61.3. The van der Waals surface area contributed by atoms with Crippen LogP contribution in [0.5, 0.6) is 11.5 Å². The molecule has 2 aliphatic rings. The number of amides is 4. The molecule has 9 N–H and O–H groups in total. The number of hydrogen-bond donors (Lipinski definition) is 8. The van der Waals surface area contributed by atoms with Crippen LogP contribution in [0.2, 0.25) is 0 Å². The smallest absolute Gasteiger partial charge is 0.335 e. The standard InChI is InChI=1S/C38H44IN5O15/c39-23-19-24(40)32(49)31-22(23)2-1-10-43(31)20-21-3-4-26(58-38-35(52)33(50)34(51)36(59-38)37(53)54)25(18-21)42-28(46)7-9-41-27(45)8-12-55-14-16-57-17-15-56-13-11-44-29(47)5-6-30(44)48/h1-6,10,18-19,33-36,38,40,50-52H,7-9,11-17,20H2,(H4,41,42,45,46,49,53,54)/p+1/t33-,34-,35+,36-,38+/m0/s1. The van der Waals surface area contributed by atoms with E-state index in [0.29, 0.717) is 11.1 Å². The fourth-order valence-corrected chi connectivity index (χ4v) is 6.81. The van der Waals surface area contributed by atoms with Gasteiger partial charge in [0.15, 0.2) is 18.8 Å². The first kappa shape index (κ1) is 45.1. The van der Waals surface area contributed by atoms with Crippen molar-refractivity contribution in [2.45, 2.75) is 50.1 Å². The van der Waals surface area contributed by atoms with Crippen LogP contribution in [-0.4, -0.2) is 143 Å². The number of phenols is 1. The monoisotopic (exact) mass is 938 g/mol. The number of fused-ring (bicyclic) bond motifs is 1. The van der Waals surface area contributed by atoms with Gasteiger partial charge < -0.3 is 65.6 Å². The van der Waals surface area contributed by atoms with E-state index < -0.39 is 42.6 Å². The number of aliphatic hydroxyl groups excluding tert-OH is 3. The summed E-state index contributed by atoms with van der Waals surface area (Å²) in [6.07, 6.45) is -5.43. The lowest BCUT2D eigenvalue weighted by Gasteiger charge is -2.38. The molecule has 0 saturated carbocycles. The third kappa shape index (κ3) is 12.0. The maximum absolute atomic E-state index is 13.2. The number of pyridine rings is 1. The van der Waals surface area contributed by atoms with Gasteiger partial charge in [0, 0.05) is 46.7 Å². The Morgan fingerprint density at radius 2 is 1.56 bits per heavy atom. The SMILES string of the molecule is Nc1cc(I)c2ccc[n+](Cc3ccc(O[C@@H]4O[C@H](C(=O)O)[C@@H](O)[C@H](O)[C@H]4O)c(NC(=O)CCNC(=O)CCOCCOCCOCCN4C(=O)C=CC4=O)c3)c2c1O. The number of anilines is 2. The molecule has 2 aromatic carbocycles. The van der Waals surface area contributed by atoms with E-state index in [0.717, 1.165) is 13.9 Å². The maximum Gasteiger partial charge on any atom is 0.335 e.